The van der Waals surface area contributed by atoms with Crippen LogP contribution in [0.15, 0.2) is 24.4 Å². The zero-order valence-electron chi connectivity index (χ0n) is 13.2. The molecular weight excluding hydrogens is 333 g/mol. The molecule has 1 saturated carbocycles. The maximum absolute atomic E-state index is 12.8. The van der Waals surface area contributed by atoms with E-state index < -0.39 is 0 Å². The number of halogens is 2. The van der Waals surface area contributed by atoms with Crippen molar-refractivity contribution in [2.24, 2.45) is 0 Å². The Morgan fingerprint density at radius 2 is 2.00 bits per heavy atom. The predicted molar refractivity (Wildman–Crippen MR) is 92.8 cm³/mol. The van der Waals surface area contributed by atoms with Crippen LogP contribution >= 0.6 is 23.2 Å². The molecule has 1 aromatic heterocycles. The van der Waals surface area contributed by atoms with E-state index in [1.54, 1.807) is 23.0 Å². The molecule has 1 amide bonds. The lowest BCUT2D eigenvalue weighted by Gasteiger charge is -2.19. The quantitative estimate of drug-likeness (QED) is 0.792. The van der Waals surface area contributed by atoms with Crippen LogP contribution in [0.4, 0.5) is 0 Å². The molecule has 0 atom stereocenters. The van der Waals surface area contributed by atoms with Crippen molar-refractivity contribution in [3.63, 3.8) is 0 Å². The summed E-state index contributed by atoms with van der Waals surface area (Å²) in [5, 5.41) is 5.57. The SMILES string of the molecule is CCN(CC)C(=O)c1cnn(-c2ccc(Cl)cc2Cl)c1C1CC1. The van der Waals surface area contributed by atoms with Crippen LogP contribution in [0, 0.1) is 0 Å². The fraction of sp³-hybridized carbons (Fsp3) is 0.412. The molecule has 1 aliphatic carbocycles. The third-order valence-corrected chi connectivity index (χ3v) is 4.73. The van der Waals surface area contributed by atoms with Gasteiger partial charge in [0, 0.05) is 24.0 Å². The molecular formula is C17H19Cl2N3O. The summed E-state index contributed by atoms with van der Waals surface area (Å²) < 4.78 is 1.80. The Labute approximate surface area is 146 Å². The predicted octanol–water partition coefficient (Wildman–Crippen LogP) is 4.54. The maximum Gasteiger partial charge on any atom is 0.257 e. The van der Waals surface area contributed by atoms with E-state index in [1.807, 2.05) is 24.8 Å². The van der Waals surface area contributed by atoms with Gasteiger partial charge in [0.1, 0.15) is 0 Å². The van der Waals surface area contributed by atoms with Crippen LogP contribution in [0.5, 0.6) is 0 Å². The Balaban J connectivity index is 2.08. The van der Waals surface area contributed by atoms with Crippen LogP contribution < -0.4 is 0 Å². The van der Waals surface area contributed by atoms with E-state index in [-0.39, 0.29) is 5.91 Å². The largest absolute Gasteiger partial charge is 0.339 e. The van der Waals surface area contributed by atoms with Gasteiger partial charge >= 0.3 is 0 Å². The van der Waals surface area contributed by atoms with E-state index >= 15 is 0 Å². The van der Waals surface area contributed by atoms with E-state index in [0.717, 1.165) is 24.2 Å². The van der Waals surface area contributed by atoms with Crippen molar-refractivity contribution < 1.29 is 4.79 Å². The monoisotopic (exact) mass is 351 g/mol. The van der Waals surface area contributed by atoms with Crippen LogP contribution in [0.25, 0.3) is 5.69 Å². The molecule has 0 bridgehead atoms. The molecule has 1 aromatic carbocycles. The number of carbonyl (C=O) groups is 1. The van der Waals surface area contributed by atoms with Gasteiger partial charge in [0.2, 0.25) is 0 Å². The number of amides is 1. The highest BCUT2D eigenvalue weighted by Crippen LogP contribution is 2.43. The average Bonchev–Trinajstić information content (AvgIpc) is 3.27. The second kappa shape index (κ2) is 6.54. The number of benzene rings is 1. The van der Waals surface area contributed by atoms with Crippen LogP contribution in [-0.4, -0.2) is 33.7 Å². The second-order valence-corrected chi connectivity index (χ2v) is 6.55. The summed E-state index contributed by atoms with van der Waals surface area (Å²) in [5.41, 5.74) is 2.41. The molecule has 2 aromatic rings. The average molecular weight is 352 g/mol. The molecule has 6 heteroatoms. The van der Waals surface area contributed by atoms with Crippen LogP contribution in [-0.2, 0) is 0 Å². The molecule has 1 aliphatic rings. The topological polar surface area (TPSA) is 38.1 Å². The molecule has 3 rings (SSSR count). The first kappa shape index (κ1) is 16.3. The normalized spacial score (nSPS) is 14.1. The molecule has 1 heterocycles. The number of carbonyl (C=O) groups excluding carboxylic acids is 1. The van der Waals surface area contributed by atoms with Crippen molar-refractivity contribution in [1.29, 1.82) is 0 Å². The fourth-order valence-corrected chi connectivity index (χ4v) is 3.29. The summed E-state index contributed by atoms with van der Waals surface area (Å²) in [6.45, 7) is 5.34. The lowest BCUT2D eigenvalue weighted by Crippen LogP contribution is -2.31. The third-order valence-electron chi connectivity index (χ3n) is 4.19. The number of aromatic nitrogens is 2. The van der Waals surface area contributed by atoms with E-state index in [4.69, 9.17) is 23.2 Å². The van der Waals surface area contributed by atoms with Crippen LogP contribution in [0.3, 0.4) is 0 Å². The van der Waals surface area contributed by atoms with Gasteiger partial charge in [-0.1, -0.05) is 23.2 Å². The molecule has 0 N–H and O–H groups in total. The van der Waals surface area contributed by atoms with Gasteiger partial charge in [0.25, 0.3) is 5.91 Å². The Bertz CT molecular complexity index is 733. The van der Waals surface area contributed by atoms with Gasteiger partial charge in [-0.15, -0.1) is 0 Å². The number of nitrogens with zero attached hydrogens (tertiary/aromatic N) is 3. The lowest BCUT2D eigenvalue weighted by atomic mass is 10.1. The smallest absolute Gasteiger partial charge is 0.257 e. The van der Waals surface area contributed by atoms with Crippen molar-refractivity contribution in [2.45, 2.75) is 32.6 Å². The number of rotatable bonds is 5. The summed E-state index contributed by atoms with van der Waals surface area (Å²) in [6.07, 6.45) is 3.82. The Morgan fingerprint density at radius 1 is 1.30 bits per heavy atom. The van der Waals surface area contributed by atoms with Gasteiger partial charge < -0.3 is 4.90 Å². The van der Waals surface area contributed by atoms with Crippen LogP contribution in [0.1, 0.15) is 48.7 Å². The van der Waals surface area contributed by atoms with E-state index in [0.29, 0.717) is 34.6 Å². The molecule has 23 heavy (non-hydrogen) atoms. The minimum atomic E-state index is 0.0354. The van der Waals surface area contributed by atoms with E-state index in [1.165, 1.54) is 0 Å². The minimum absolute atomic E-state index is 0.0354. The van der Waals surface area contributed by atoms with Gasteiger partial charge in [-0.2, -0.15) is 5.10 Å². The standard InChI is InChI=1S/C17H19Cl2N3O/c1-3-21(4-2)17(23)13-10-20-22(16(13)11-5-6-11)15-8-7-12(18)9-14(15)19/h7-11H,3-6H2,1-2H3. The third kappa shape index (κ3) is 3.10. The first-order valence-electron chi connectivity index (χ1n) is 7.89. The molecule has 0 unspecified atom stereocenters. The Morgan fingerprint density at radius 3 is 2.57 bits per heavy atom. The summed E-state index contributed by atoms with van der Waals surface area (Å²) in [5.74, 6) is 0.409. The fourth-order valence-electron chi connectivity index (χ4n) is 2.80. The summed E-state index contributed by atoms with van der Waals surface area (Å²) in [6, 6.07) is 5.32. The summed E-state index contributed by atoms with van der Waals surface area (Å²) in [4.78, 5) is 14.6. The Kier molecular flexibility index (Phi) is 4.64. The highest BCUT2D eigenvalue weighted by Gasteiger charge is 2.34. The second-order valence-electron chi connectivity index (χ2n) is 5.70. The molecule has 1 fully saturated rings. The first-order chi connectivity index (χ1) is 11.1. The highest BCUT2D eigenvalue weighted by atomic mass is 35.5. The minimum Gasteiger partial charge on any atom is -0.339 e. The molecule has 0 spiro atoms. The maximum atomic E-state index is 12.8. The van der Waals surface area contributed by atoms with Crippen molar-refractivity contribution in [1.82, 2.24) is 14.7 Å². The van der Waals surface area contributed by atoms with Crippen molar-refractivity contribution in [3.05, 3.63) is 45.7 Å². The first-order valence-corrected chi connectivity index (χ1v) is 8.65. The highest BCUT2D eigenvalue weighted by molar-refractivity contribution is 6.35. The van der Waals surface area contributed by atoms with Gasteiger partial charge in [0.05, 0.1) is 28.2 Å². The molecule has 0 aliphatic heterocycles. The lowest BCUT2D eigenvalue weighted by molar-refractivity contribution is 0.0772. The molecule has 122 valence electrons. The molecule has 4 nitrogen and oxygen atoms in total. The van der Waals surface area contributed by atoms with Gasteiger partial charge in [-0.25, -0.2) is 4.68 Å². The molecule has 0 saturated heterocycles. The number of hydrogen-bond donors (Lipinski definition) is 0. The Hall–Kier alpha value is -1.52. The van der Waals surface area contributed by atoms with Crippen molar-refractivity contribution in [2.75, 3.05) is 13.1 Å². The van der Waals surface area contributed by atoms with Crippen molar-refractivity contribution in [3.8, 4) is 5.69 Å². The number of hydrogen-bond acceptors (Lipinski definition) is 2. The van der Waals surface area contributed by atoms with Crippen molar-refractivity contribution >= 4 is 29.1 Å². The summed E-state index contributed by atoms with van der Waals surface area (Å²) in [7, 11) is 0. The zero-order valence-corrected chi connectivity index (χ0v) is 14.7. The summed E-state index contributed by atoms with van der Waals surface area (Å²) >= 11 is 12.3. The van der Waals surface area contributed by atoms with Gasteiger partial charge in [-0.3, -0.25) is 4.79 Å². The van der Waals surface area contributed by atoms with E-state index in [2.05, 4.69) is 5.10 Å². The van der Waals surface area contributed by atoms with Crippen LogP contribution in [0.2, 0.25) is 10.0 Å². The van der Waals surface area contributed by atoms with Gasteiger partial charge in [0.15, 0.2) is 0 Å². The molecule has 0 radical (unpaired) electrons. The zero-order chi connectivity index (χ0) is 16.6. The van der Waals surface area contributed by atoms with E-state index in [9.17, 15) is 4.79 Å². The van der Waals surface area contributed by atoms with Gasteiger partial charge in [-0.05, 0) is 44.9 Å².